The summed E-state index contributed by atoms with van der Waals surface area (Å²) in [6, 6.07) is 0. The molecule has 0 spiro atoms. The van der Waals surface area contributed by atoms with Gasteiger partial charge in [0.1, 0.15) is 0 Å². The standard InChI is InChI=1S/C14H30O6Si/c1-13(2)21(3)19-10-8-16-6-4-14(12-17-7-5-15)18-9-11-20-21/h13-15H,4-12H2,1-3H3. The average Bonchev–Trinajstić information content (AvgIpc) is 2.44. The topological polar surface area (TPSA) is 66.4 Å². The van der Waals surface area contributed by atoms with Crippen molar-refractivity contribution in [3.05, 3.63) is 0 Å². The van der Waals surface area contributed by atoms with Gasteiger partial charge in [0.2, 0.25) is 0 Å². The van der Waals surface area contributed by atoms with E-state index in [0.717, 1.165) is 6.42 Å². The zero-order valence-corrected chi connectivity index (χ0v) is 14.5. The molecule has 0 radical (unpaired) electrons. The summed E-state index contributed by atoms with van der Waals surface area (Å²) >= 11 is 0. The summed E-state index contributed by atoms with van der Waals surface area (Å²) in [6.45, 7) is 10.0. The first-order valence-corrected chi connectivity index (χ1v) is 10.1. The quantitative estimate of drug-likeness (QED) is 0.608. The van der Waals surface area contributed by atoms with Gasteiger partial charge in [0, 0.05) is 6.61 Å². The number of aliphatic hydroxyl groups is 1. The number of hydrogen-bond donors (Lipinski definition) is 1. The van der Waals surface area contributed by atoms with Gasteiger partial charge in [-0.1, -0.05) is 13.8 Å². The summed E-state index contributed by atoms with van der Waals surface area (Å²) in [5.41, 5.74) is 0.379. The van der Waals surface area contributed by atoms with Crippen molar-refractivity contribution in [1.29, 1.82) is 0 Å². The molecule has 1 saturated heterocycles. The predicted molar refractivity (Wildman–Crippen MR) is 81.7 cm³/mol. The van der Waals surface area contributed by atoms with Gasteiger partial charge in [0.25, 0.3) is 0 Å². The van der Waals surface area contributed by atoms with Crippen LogP contribution in [0.2, 0.25) is 12.1 Å². The molecule has 7 heteroatoms. The molecule has 1 fully saturated rings. The van der Waals surface area contributed by atoms with Crippen molar-refractivity contribution in [3.63, 3.8) is 0 Å². The van der Waals surface area contributed by atoms with E-state index in [1.807, 2.05) is 0 Å². The molecule has 0 saturated carbocycles. The maximum Gasteiger partial charge on any atom is 0.337 e. The van der Waals surface area contributed by atoms with Gasteiger partial charge in [-0.15, -0.1) is 0 Å². The first kappa shape index (κ1) is 19.0. The van der Waals surface area contributed by atoms with Gasteiger partial charge in [0.15, 0.2) is 0 Å². The summed E-state index contributed by atoms with van der Waals surface area (Å²) in [5, 5.41) is 8.74. The molecule has 0 aromatic rings. The molecule has 0 bridgehead atoms. The molecule has 1 aliphatic rings. The van der Waals surface area contributed by atoms with Crippen LogP contribution < -0.4 is 0 Å². The van der Waals surface area contributed by atoms with E-state index >= 15 is 0 Å². The van der Waals surface area contributed by atoms with Crippen molar-refractivity contribution >= 4 is 8.56 Å². The average molecular weight is 322 g/mol. The molecule has 0 amide bonds. The van der Waals surface area contributed by atoms with Crippen LogP contribution in [0, 0.1) is 0 Å². The van der Waals surface area contributed by atoms with Crippen LogP contribution >= 0.6 is 0 Å². The van der Waals surface area contributed by atoms with Crippen molar-refractivity contribution in [1.82, 2.24) is 0 Å². The van der Waals surface area contributed by atoms with Crippen LogP contribution in [0.25, 0.3) is 0 Å². The zero-order valence-electron chi connectivity index (χ0n) is 13.5. The first-order valence-electron chi connectivity index (χ1n) is 7.74. The fourth-order valence-electron chi connectivity index (χ4n) is 1.95. The van der Waals surface area contributed by atoms with E-state index in [4.69, 9.17) is 28.2 Å². The minimum Gasteiger partial charge on any atom is -0.394 e. The minimum absolute atomic E-state index is 0.0209. The molecule has 2 unspecified atom stereocenters. The van der Waals surface area contributed by atoms with Gasteiger partial charge >= 0.3 is 8.56 Å². The Morgan fingerprint density at radius 2 is 1.86 bits per heavy atom. The summed E-state index contributed by atoms with van der Waals surface area (Å²) in [7, 11) is -2.17. The van der Waals surface area contributed by atoms with Gasteiger partial charge in [-0.05, 0) is 18.5 Å². The van der Waals surface area contributed by atoms with Crippen LogP contribution in [0.15, 0.2) is 0 Å². The third-order valence-electron chi connectivity index (χ3n) is 3.61. The molecule has 2 atom stereocenters. The zero-order chi connectivity index (χ0) is 15.6. The second-order valence-electron chi connectivity index (χ2n) is 5.56. The first-order chi connectivity index (χ1) is 10.1. The van der Waals surface area contributed by atoms with E-state index in [1.54, 1.807) is 0 Å². The molecule has 0 aliphatic carbocycles. The fraction of sp³-hybridized carbons (Fsp3) is 1.00. The van der Waals surface area contributed by atoms with Crippen LogP contribution in [0.4, 0.5) is 0 Å². The lowest BCUT2D eigenvalue weighted by Crippen LogP contribution is -2.44. The molecular formula is C14H30O6Si. The number of aliphatic hydroxyl groups excluding tert-OH is 1. The Hall–Kier alpha value is -0.0231. The highest BCUT2D eigenvalue weighted by atomic mass is 28.4. The third kappa shape index (κ3) is 7.69. The lowest BCUT2D eigenvalue weighted by Gasteiger charge is -2.31. The number of rotatable bonds is 5. The smallest absolute Gasteiger partial charge is 0.337 e. The molecule has 1 aliphatic heterocycles. The van der Waals surface area contributed by atoms with Crippen molar-refractivity contribution in [2.45, 2.75) is 38.5 Å². The fourth-order valence-corrected chi connectivity index (χ4v) is 3.68. The van der Waals surface area contributed by atoms with E-state index in [9.17, 15) is 0 Å². The molecule has 6 nitrogen and oxygen atoms in total. The molecule has 1 rings (SSSR count). The second kappa shape index (κ2) is 10.7. The molecule has 126 valence electrons. The van der Waals surface area contributed by atoms with Gasteiger partial charge in [-0.3, -0.25) is 0 Å². The molecule has 21 heavy (non-hydrogen) atoms. The SMILES string of the molecule is CC(C)[Si]1(C)OCCOCCC(COCCO)OCCO1. The normalized spacial score (nSPS) is 29.9. The summed E-state index contributed by atoms with van der Waals surface area (Å²) in [4.78, 5) is 0. The Kier molecular flexibility index (Phi) is 9.66. The third-order valence-corrected chi connectivity index (χ3v) is 7.27. The van der Waals surface area contributed by atoms with Gasteiger partial charge in [0.05, 0.1) is 52.4 Å². The Labute approximate surface area is 128 Å². The molecule has 0 aromatic carbocycles. The second-order valence-corrected chi connectivity index (χ2v) is 9.32. The maximum atomic E-state index is 8.74. The highest BCUT2D eigenvalue weighted by Crippen LogP contribution is 2.23. The van der Waals surface area contributed by atoms with Crippen molar-refractivity contribution in [2.24, 2.45) is 0 Å². The van der Waals surface area contributed by atoms with Gasteiger partial charge in [-0.2, -0.15) is 0 Å². The summed E-state index contributed by atoms with van der Waals surface area (Å²) < 4.78 is 28.6. The van der Waals surface area contributed by atoms with E-state index in [1.165, 1.54) is 0 Å². The van der Waals surface area contributed by atoms with E-state index < -0.39 is 8.56 Å². The number of ether oxygens (including phenoxy) is 3. The Morgan fingerprint density at radius 3 is 2.52 bits per heavy atom. The molecule has 1 N–H and O–H groups in total. The van der Waals surface area contributed by atoms with Gasteiger partial charge in [-0.25, -0.2) is 0 Å². The molecule has 1 heterocycles. The van der Waals surface area contributed by atoms with Crippen LogP contribution in [0.5, 0.6) is 0 Å². The van der Waals surface area contributed by atoms with E-state index in [2.05, 4.69) is 20.4 Å². The maximum absolute atomic E-state index is 8.74. The van der Waals surface area contributed by atoms with Crippen LogP contribution in [-0.2, 0) is 23.1 Å². The Bertz CT molecular complexity index is 266. The summed E-state index contributed by atoms with van der Waals surface area (Å²) in [6.07, 6.45) is 0.747. The number of hydrogen-bond acceptors (Lipinski definition) is 6. The molecular weight excluding hydrogens is 292 g/mol. The van der Waals surface area contributed by atoms with Crippen LogP contribution in [0.3, 0.4) is 0 Å². The summed E-state index contributed by atoms with van der Waals surface area (Å²) in [5.74, 6) is 0. The predicted octanol–water partition coefficient (Wildman–Crippen LogP) is 1.32. The van der Waals surface area contributed by atoms with Crippen molar-refractivity contribution < 1.29 is 28.2 Å². The van der Waals surface area contributed by atoms with Gasteiger partial charge < -0.3 is 28.2 Å². The molecule has 0 aromatic heterocycles. The van der Waals surface area contributed by atoms with Crippen molar-refractivity contribution in [3.8, 4) is 0 Å². The van der Waals surface area contributed by atoms with E-state index in [0.29, 0.717) is 51.8 Å². The minimum atomic E-state index is -2.17. The monoisotopic (exact) mass is 322 g/mol. The highest BCUT2D eigenvalue weighted by molar-refractivity contribution is 6.67. The highest BCUT2D eigenvalue weighted by Gasteiger charge is 2.35. The van der Waals surface area contributed by atoms with E-state index in [-0.39, 0.29) is 12.7 Å². The van der Waals surface area contributed by atoms with Crippen LogP contribution in [-0.4, -0.2) is 72.6 Å². The van der Waals surface area contributed by atoms with Crippen LogP contribution in [0.1, 0.15) is 20.3 Å². The Balaban J connectivity index is 2.43. The largest absolute Gasteiger partial charge is 0.394 e. The lowest BCUT2D eigenvalue weighted by molar-refractivity contribution is -0.0536. The lowest BCUT2D eigenvalue weighted by atomic mass is 10.3. The Morgan fingerprint density at radius 1 is 1.14 bits per heavy atom. The van der Waals surface area contributed by atoms with Crippen molar-refractivity contribution in [2.75, 3.05) is 52.9 Å².